The smallest absolute Gasteiger partial charge is 0.253 e. The number of benzene rings is 4. The molecule has 0 aliphatic carbocycles. The summed E-state index contributed by atoms with van der Waals surface area (Å²) in [7, 11) is 1.60. The third kappa shape index (κ3) is 8.33. The van der Waals surface area contributed by atoms with Crippen molar-refractivity contribution in [3.05, 3.63) is 149 Å². The highest BCUT2D eigenvalue weighted by Gasteiger charge is 2.22. The van der Waals surface area contributed by atoms with E-state index in [0.29, 0.717) is 59.5 Å². The van der Waals surface area contributed by atoms with E-state index in [1.807, 2.05) is 66.9 Å². The van der Waals surface area contributed by atoms with Gasteiger partial charge < -0.3 is 37.6 Å². The van der Waals surface area contributed by atoms with Crippen molar-refractivity contribution < 1.29 is 9.53 Å². The summed E-state index contributed by atoms with van der Waals surface area (Å²) in [5, 5.41) is 12.9. The van der Waals surface area contributed by atoms with Crippen LogP contribution >= 0.6 is 0 Å². The lowest BCUT2D eigenvalue weighted by Gasteiger charge is -2.15. The molecule has 0 saturated carbocycles. The van der Waals surface area contributed by atoms with Gasteiger partial charge in [0.25, 0.3) is 5.95 Å². The fourth-order valence-corrected chi connectivity index (χ4v) is 6.73. The largest absolute Gasteiger partial charge is 0.491 e. The molecule has 9 N–H and O–H groups in total. The Hall–Kier alpha value is -7.16. The van der Waals surface area contributed by atoms with Crippen LogP contribution in [-0.2, 0) is 26.2 Å². The van der Waals surface area contributed by atoms with E-state index >= 15 is 0 Å². The minimum absolute atomic E-state index is 0.241. The first-order valence-electron chi connectivity index (χ1n) is 18.9. The van der Waals surface area contributed by atoms with E-state index in [4.69, 9.17) is 26.9 Å². The second-order valence-corrected chi connectivity index (χ2v) is 13.8. The molecule has 1 amide bonds. The second kappa shape index (κ2) is 17.7. The molecule has 0 unspecified atom stereocenters. The van der Waals surface area contributed by atoms with E-state index < -0.39 is 5.91 Å². The number of nitrogens with zero attached hydrogens (tertiary/aromatic N) is 6. The summed E-state index contributed by atoms with van der Waals surface area (Å²) in [5.74, 6) is 2.66. The standard InChI is InChI=1S/C24H26N6O.C20H20N6O/c1-14(2)17-13-28-24(30-23(17)27-12-15-7-4-3-5-8-15)21-19(11-25)29-18-10-6-9-16(20(18)21)22(26)31;1-27-18-13-23-20(25-19(18)22-11-14-6-3-2-4-7-14)26-17-9-5-8-15(10-21)16(17)12-24-26/h3-10,13-14,29H,11-12,25H2,1-2H3,(H2,26,31)(H,27,28,30);2-9,12-13H,10-11,21H2,1H3,(H,22,23,25). The van der Waals surface area contributed by atoms with Crippen molar-refractivity contribution in [3.63, 3.8) is 0 Å². The number of H-pyrrole nitrogens is 1. The highest BCUT2D eigenvalue weighted by molar-refractivity contribution is 6.11. The van der Waals surface area contributed by atoms with Crippen LogP contribution in [0.3, 0.4) is 0 Å². The molecular weight excluding hydrogens is 729 g/mol. The lowest BCUT2D eigenvalue weighted by atomic mass is 10.0. The van der Waals surface area contributed by atoms with Gasteiger partial charge in [-0.2, -0.15) is 14.8 Å². The number of methoxy groups -OCH3 is 1. The number of aromatic amines is 1. The number of carbonyl (C=O) groups excluding carboxylic acids is 1. The molecule has 294 valence electrons. The molecule has 4 aromatic carbocycles. The van der Waals surface area contributed by atoms with Crippen molar-refractivity contribution in [2.75, 3.05) is 17.7 Å². The number of ether oxygens (including phenoxy) is 1. The molecule has 14 heteroatoms. The number of carbonyl (C=O) groups is 1. The maximum Gasteiger partial charge on any atom is 0.253 e. The van der Waals surface area contributed by atoms with Gasteiger partial charge >= 0.3 is 0 Å². The Kier molecular flexibility index (Phi) is 12.0. The fraction of sp³-hybridized carbons (Fsp3) is 0.182. The number of hydrogen-bond donors (Lipinski definition) is 6. The highest BCUT2D eigenvalue weighted by Crippen LogP contribution is 2.35. The molecule has 0 spiro atoms. The molecule has 8 rings (SSSR count). The van der Waals surface area contributed by atoms with Gasteiger partial charge in [-0.05, 0) is 40.8 Å². The van der Waals surface area contributed by atoms with Gasteiger partial charge in [0.05, 0.1) is 25.0 Å². The molecule has 0 saturated heterocycles. The Morgan fingerprint density at radius 3 is 2.12 bits per heavy atom. The normalized spacial score (nSPS) is 11.1. The zero-order chi connectivity index (χ0) is 40.6. The van der Waals surface area contributed by atoms with Crippen LogP contribution < -0.4 is 32.6 Å². The van der Waals surface area contributed by atoms with Crippen molar-refractivity contribution >= 4 is 39.3 Å². The zero-order valence-corrected chi connectivity index (χ0v) is 32.6. The highest BCUT2D eigenvalue weighted by atomic mass is 16.5. The van der Waals surface area contributed by atoms with E-state index in [1.165, 1.54) is 0 Å². The number of fused-ring (bicyclic) bond motifs is 2. The number of anilines is 2. The Bertz CT molecular complexity index is 2660. The second-order valence-electron chi connectivity index (χ2n) is 13.8. The van der Waals surface area contributed by atoms with E-state index in [-0.39, 0.29) is 12.5 Å². The van der Waals surface area contributed by atoms with Crippen LogP contribution in [0.5, 0.6) is 5.75 Å². The van der Waals surface area contributed by atoms with Gasteiger partial charge in [0.1, 0.15) is 5.82 Å². The predicted molar refractivity (Wildman–Crippen MR) is 228 cm³/mol. The van der Waals surface area contributed by atoms with Gasteiger partial charge in [0.15, 0.2) is 17.4 Å². The topological polar surface area (TPSA) is 214 Å². The maximum atomic E-state index is 12.1. The van der Waals surface area contributed by atoms with Crippen LogP contribution in [-0.4, -0.2) is 47.7 Å². The van der Waals surface area contributed by atoms with Crippen molar-refractivity contribution in [3.8, 4) is 23.1 Å². The average Bonchev–Trinajstić information content (AvgIpc) is 3.88. The van der Waals surface area contributed by atoms with Crippen molar-refractivity contribution in [2.24, 2.45) is 17.2 Å². The van der Waals surface area contributed by atoms with Crippen LogP contribution in [0.2, 0.25) is 0 Å². The summed E-state index contributed by atoms with van der Waals surface area (Å²) >= 11 is 0. The average molecular weight is 775 g/mol. The number of nitrogens with two attached hydrogens (primary N) is 3. The van der Waals surface area contributed by atoms with Gasteiger partial charge in [-0.3, -0.25) is 4.79 Å². The molecule has 58 heavy (non-hydrogen) atoms. The summed E-state index contributed by atoms with van der Waals surface area (Å²) in [5.41, 5.74) is 25.4. The molecule has 0 radical (unpaired) electrons. The number of primary amides is 1. The summed E-state index contributed by atoms with van der Waals surface area (Å²) in [6, 6.07) is 31.6. The van der Waals surface area contributed by atoms with Crippen LogP contribution in [0.4, 0.5) is 11.6 Å². The van der Waals surface area contributed by atoms with Crippen LogP contribution in [0, 0.1) is 0 Å². The predicted octanol–water partition coefficient (Wildman–Crippen LogP) is 6.81. The van der Waals surface area contributed by atoms with Crippen molar-refractivity contribution in [1.29, 1.82) is 0 Å². The third-order valence-electron chi connectivity index (χ3n) is 9.72. The minimum Gasteiger partial charge on any atom is -0.491 e. The van der Waals surface area contributed by atoms with Gasteiger partial charge in [0, 0.05) is 71.0 Å². The van der Waals surface area contributed by atoms with Crippen LogP contribution in [0.25, 0.3) is 39.1 Å². The maximum absolute atomic E-state index is 12.1. The van der Waals surface area contributed by atoms with Crippen molar-refractivity contribution in [1.82, 2.24) is 34.7 Å². The van der Waals surface area contributed by atoms with E-state index in [0.717, 1.165) is 50.2 Å². The number of rotatable bonds is 13. The molecule has 4 aromatic heterocycles. The van der Waals surface area contributed by atoms with Gasteiger partial charge in [-0.1, -0.05) is 92.7 Å². The van der Waals surface area contributed by atoms with Gasteiger partial charge in [-0.15, -0.1) is 0 Å². The molecule has 0 aliphatic rings. The van der Waals surface area contributed by atoms with Crippen molar-refractivity contribution in [2.45, 2.75) is 45.9 Å². The summed E-state index contributed by atoms with van der Waals surface area (Å²) < 4.78 is 7.11. The van der Waals surface area contributed by atoms with Gasteiger partial charge in [-0.25, -0.2) is 15.0 Å². The Morgan fingerprint density at radius 1 is 0.793 bits per heavy atom. The molecule has 8 aromatic rings. The number of hydrogen-bond acceptors (Lipinski definition) is 11. The molecule has 0 atom stereocenters. The number of amides is 1. The summed E-state index contributed by atoms with van der Waals surface area (Å²) in [6.45, 7) is 6.19. The SMILES string of the molecule is CC(C)c1cnc(-c2c(CN)[nH]c3cccc(C(N)=O)c23)nc1NCc1ccccc1.COc1cnc(-n2ncc3c(CN)cccc32)nc1NCc1ccccc1. The van der Waals surface area contributed by atoms with E-state index in [9.17, 15) is 4.79 Å². The molecule has 14 nitrogen and oxygen atoms in total. The van der Waals surface area contributed by atoms with Crippen LogP contribution in [0.1, 0.15) is 58.1 Å². The first kappa shape index (κ1) is 39.1. The first-order chi connectivity index (χ1) is 28.3. The van der Waals surface area contributed by atoms with E-state index in [2.05, 4.69) is 73.8 Å². The van der Waals surface area contributed by atoms with Crippen LogP contribution in [0.15, 0.2) is 116 Å². The fourth-order valence-electron chi connectivity index (χ4n) is 6.73. The molecule has 0 fully saturated rings. The third-order valence-corrected chi connectivity index (χ3v) is 9.72. The molecule has 4 heterocycles. The lowest BCUT2D eigenvalue weighted by molar-refractivity contribution is 0.100. The minimum atomic E-state index is -0.504. The molecular formula is C44H46N12O2. The number of nitrogens with one attached hydrogen (secondary N) is 3. The molecule has 0 aliphatic heterocycles. The Labute approximate surface area is 335 Å². The first-order valence-corrected chi connectivity index (χ1v) is 18.9. The monoisotopic (exact) mass is 774 g/mol. The summed E-state index contributed by atoms with van der Waals surface area (Å²) in [4.78, 5) is 33.9. The lowest BCUT2D eigenvalue weighted by Crippen LogP contribution is -2.12. The quantitative estimate of drug-likeness (QED) is 0.0716. The summed E-state index contributed by atoms with van der Waals surface area (Å²) in [6.07, 6.45) is 5.28. The number of aromatic nitrogens is 7. The van der Waals surface area contributed by atoms with E-state index in [1.54, 1.807) is 36.3 Å². The molecule has 0 bridgehead atoms. The Morgan fingerprint density at radius 2 is 1.48 bits per heavy atom. The Balaban J connectivity index is 0.000000178. The zero-order valence-electron chi connectivity index (χ0n) is 32.6. The van der Waals surface area contributed by atoms with Gasteiger partial charge in [0.2, 0.25) is 5.91 Å².